The summed E-state index contributed by atoms with van der Waals surface area (Å²) in [7, 11) is -3.83. The summed E-state index contributed by atoms with van der Waals surface area (Å²) in [5, 5.41) is 3.28. The van der Waals surface area contributed by atoms with Crippen LogP contribution in [0.25, 0.3) is 0 Å². The first-order chi connectivity index (χ1) is 8.03. The molecule has 0 radical (unpaired) electrons. The van der Waals surface area contributed by atoms with Gasteiger partial charge in [-0.25, -0.2) is 0 Å². The van der Waals surface area contributed by atoms with Crippen molar-refractivity contribution in [2.75, 3.05) is 12.3 Å². The Morgan fingerprint density at radius 2 is 1.94 bits per heavy atom. The molecule has 1 atom stereocenters. The summed E-state index contributed by atoms with van der Waals surface area (Å²) >= 11 is 0. The molecule has 0 saturated carbocycles. The Bertz CT molecular complexity index is 417. The van der Waals surface area contributed by atoms with Gasteiger partial charge in [-0.05, 0) is 24.9 Å². The molecule has 96 valence electrons. The van der Waals surface area contributed by atoms with Crippen molar-refractivity contribution in [3.63, 3.8) is 0 Å². The lowest BCUT2D eigenvalue weighted by Crippen LogP contribution is -2.23. The molecule has 2 N–H and O–H groups in total. The predicted molar refractivity (Wildman–Crippen MR) is 68.5 cm³/mol. The lowest BCUT2D eigenvalue weighted by Gasteiger charge is -2.17. The van der Waals surface area contributed by atoms with Crippen molar-refractivity contribution >= 4 is 10.1 Å². The molecule has 1 rings (SSSR count). The zero-order chi connectivity index (χ0) is 12.7. The van der Waals surface area contributed by atoms with Crippen LogP contribution in [-0.2, 0) is 10.1 Å². The smallest absolute Gasteiger partial charge is 0.264 e. The highest BCUT2D eigenvalue weighted by atomic mass is 32.2. The van der Waals surface area contributed by atoms with Crippen molar-refractivity contribution in [1.82, 2.24) is 5.32 Å². The minimum atomic E-state index is -3.83. The van der Waals surface area contributed by atoms with Crippen molar-refractivity contribution in [2.45, 2.75) is 25.8 Å². The third kappa shape index (κ3) is 5.81. The average molecular weight is 257 g/mol. The standard InChI is InChI=1S/C12H19NO3S/c1-2-12(11-7-4-3-5-8-11)13-9-6-10-17(14,15)16/h3-5,7-8,12-13H,2,6,9-10H2,1H3,(H,14,15,16)/t12-/m1/s1. The van der Waals surface area contributed by atoms with Crippen molar-refractivity contribution in [3.8, 4) is 0 Å². The van der Waals surface area contributed by atoms with Crippen LogP contribution in [0.2, 0.25) is 0 Å². The van der Waals surface area contributed by atoms with E-state index in [2.05, 4.69) is 12.2 Å². The van der Waals surface area contributed by atoms with Crippen LogP contribution >= 0.6 is 0 Å². The molecule has 0 aliphatic heterocycles. The van der Waals surface area contributed by atoms with E-state index >= 15 is 0 Å². The summed E-state index contributed by atoms with van der Waals surface area (Å²) < 4.78 is 29.7. The monoisotopic (exact) mass is 257 g/mol. The van der Waals surface area contributed by atoms with E-state index in [1.165, 1.54) is 5.56 Å². The van der Waals surface area contributed by atoms with Crippen LogP contribution < -0.4 is 5.32 Å². The van der Waals surface area contributed by atoms with E-state index in [1.807, 2.05) is 30.3 Å². The van der Waals surface area contributed by atoms with Gasteiger partial charge in [0.25, 0.3) is 10.1 Å². The molecular weight excluding hydrogens is 238 g/mol. The van der Waals surface area contributed by atoms with Gasteiger partial charge in [0.15, 0.2) is 0 Å². The molecule has 0 unspecified atom stereocenters. The molecule has 0 fully saturated rings. The summed E-state index contributed by atoms with van der Waals surface area (Å²) in [5.41, 5.74) is 1.20. The predicted octanol–water partition coefficient (Wildman–Crippen LogP) is 2.01. The van der Waals surface area contributed by atoms with Gasteiger partial charge < -0.3 is 5.32 Å². The number of rotatable bonds is 7. The van der Waals surface area contributed by atoms with Crippen LogP contribution in [-0.4, -0.2) is 25.3 Å². The SMILES string of the molecule is CC[C@@H](NCCCS(=O)(=O)O)c1ccccc1. The fourth-order valence-electron chi connectivity index (χ4n) is 1.71. The maximum atomic E-state index is 10.5. The molecule has 0 amide bonds. The fraction of sp³-hybridized carbons (Fsp3) is 0.500. The highest BCUT2D eigenvalue weighted by Gasteiger charge is 2.08. The quantitative estimate of drug-likeness (QED) is 0.579. The molecule has 4 nitrogen and oxygen atoms in total. The second kappa shape index (κ2) is 6.74. The fourth-order valence-corrected chi connectivity index (χ4v) is 2.22. The molecule has 0 saturated heterocycles. The first kappa shape index (κ1) is 14.2. The van der Waals surface area contributed by atoms with Gasteiger partial charge in [-0.3, -0.25) is 4.55 Å². The van der Waals surface area contributed by atoms with Crippen LogP contribution in [0, 0.1) is 0 Å². The Labute approximate surface area is 103 Å². The van der Waals surface area contributed by atoms with E-state index in [-0.39, 0.29) is 11.8 Å². The summed E-state index contributed by atoms with van der Waals surface area (Å²) in [6.45, 7) is 2.65. The Kier molecular flexibility index (Phi) is 5.61. The van der Waals surface area contributed by atoms with E-state index in [0.717, 1.165) is 6.42 Å². The summed E-state index contributed by atoms with van der Waals surface area (Å²) in [6, 6.07) is 10.3. The van der Waals surface area contributed by atoms with Crippen LogP contribution in [0.3, 0.4) is 0 Å². The van der Waals surface area contributed by atoms with E-state index in [4.69, 9.17) is 4.55 Å². The van der Waals surface area contributed by atoms with Crippen LogP contribution in [0.15, 0.2) is 30.3 Å². The second-order valence-electron chi connectivity index (χ2n) is 3.97. The summed E-state index contributed by atoms with van der Waals surface area (Å²) in [6.07, 6.45) is 1.36. The molecule has 0 heterocycles. The Morgan fingerprint density at radius 3 is 2.47 bits per heavy atom. The number of hydrogen-bond donors (Lipinski definition) is 2. The Balaban J connectivity index is 2.39. The van der Waals surface area contributed by atoms with E-state index < -0.39 is 10.1 Å². The van der Waals surface area contributed by atoms with Gasteiger partial charge in [0.1, 0.15) is 0 Å². The number of benzene rings is 1. The third-order valence-corrected chi connectivity index (χ3v) is 3.38. The maximum Gasteiger partial charge on any atom is 0.264 e. The molecular formula is C12H19NO3S. The molecule has 17 heavy (non-hydrogen) atoms. The number of hydrogen-bond acceptors (Lipinski definition) is 3. The maximum absolute atomic E-state index is 10.5. The zero-order valence-corrected chi connectivity index (χ0v) is 10.8. The summed E-state index contributed by atoms with van der Waals surface area (Å²) in [4.78, 5) is 0. The molecule has 5 heteroatoms. The van der Waals surface area contributed by atoms with Crippen LogP contribution in [0.1, 0.15) is 31.4 Å². The molecule has 0 bridgehead atoms. The molecule has 0 aliphatic rings. The number of nitrogens with one attached hydrogen (secondary N) is 1. The third-order valence-electron chi connectivity index (χ3n) is 2.58. The zero-order valence-electron chi connectivity index (χ0n) is 9.96. The molecule has 1 aromatic carbocycles. The van der Waals surface area contributed by atoms with Gasteiger partial charge in [-0.2, -0.15) is 8.42 Å². The molecule has 0 aliphatic carbocycles. The largest absolute Gasteiger partial charge is 0.310 e. The van der Waals surface area contributed by atoms with Crippen LogP contribution in [0.4, 0.5) is 0 Å². The van der Waals surface area contributed by atoms with E-state index in [9.17, 15) is 8.42 Å². The van der Waals surface area contributed by atoms with Crippen LogP contribution in [0.5, 0.6) is 0 Å². The van der Waals surface area contributed by atoms with E-state index in [0.29, 0.717) is 13.0 Å². The minimum Gasteiger partial charge on any atom is -0.310 e. The van der Waals surface area contributed by atoms with Gasteiger partial charge in [-0.15, -0.1) is 0 Å². The first-order valence-electron chi connectivity index (χ1n) is 5.76. The highest BCUT2D eigenvalue weighted by Crippen LogP contribution is 2.15. The minimum absolute atomic E-state index is 0.189. The van der Waals surface area contributed by atoms with Gasteiger partial charge in [0, 0.05) is 6.04 Å². The topological polar surface area (TPSA) is 66.4 Å². The van der Waals surface area contributed by atoms with Crippen molar-refractivity contribution in [3.05, 3.63) is 35.9 Å². The van der Waals surface area contributed by atoms with Crippen molar-refractivity contribution < 1.29 is 13.0 Å². The lowest BCUT2D eigenvalue weighted by atomic mass is 10.0. The van der Waals surface area contributed by atoms with E-state index in [1.54, 1.807) is 0 Å². The van der Waals surface area contributed by atoms with Gasteiger partial charge in [-0.1, -0.05) is 37.3 Å². The van der Waals surface area contributed by atoms with Gasteiger partial charge in [0.2, 0.25) is 0 Å². The van der Waals surface area contributed by atoms with Gasteiger partial charge >= 0.3 is 0 Å². The Morgan fingerprint density at radius 1 is 1.29 bits per heavy atom. The molecule has 0 spiro atoms. The lowest BCUT2D eigenvalue weighted by molar-refractivity contribution is 0.474. The second-order valence-corrected chi connectivity index (χ2v) is 5.54. The average Bonchev–Trinajstić information content (AvgIpc) is 2.29. The molecule has 0 aromatic heterocycles. The first-order valence-corrected chi connectivity index (χ1v) is 7.37. The molecule has 1 aromatic rings. The summed E-state index contributed by atoms with van der Waals surface area (Å²) in [5.74, 6) is -0.189. The van der Waals surface area contributed by atoms with Crippen molar-refractivity contribution in [2.24, 2.45) is 0 Å². The normalized spacial score (nSPS) is 13.5. The van der Waals surface area contributed by atoms with Gasteiger partial charge in [0.05, 0.1) is 5.75 Å². The van der Waals surface area contributed by atoms with Crippen molar-refractivity contribution in [1.29, 1.82) is 0 Å². The highest BCUT2D eigenvalue weighted by molar-refractivity contribution is 7.85. The Hall–Kier alpha value is -0.910.